The summed E-state index contributed by atoms with van der Waals surface area (Å²) < 4.78 is 0.774. The molecular formula is C15H12Br2ClNO. The van der Waals surface area contributed by atoms with E-state index in [0.29, 0.717) is 15.9 Å². The van der Waals surface area contributed by atoms with Crippen molar-refractivity contribution >= 4 is 49.4 Å². The molecule has 0 spiro atoms. The van der Waals surface area contributed by atoms with Crippen LogP contribution in [0.3, 0.4) is 0 Å². The first-order chi connectivity index (χ1) is 9.61. The van der Waals surface area contributed by atoms with E-state index in [4.69, 9.17) is 11.6 Å². The fraction of sp³-hybridized carbons (Fsp3) is 0.133. The lowest BCUT2D eigenvalue weighted by Crippen LogP contribution is -2.29. The summed E-state index contributed by atoms with van der Waals surface area (Å²) in [6.07, 6.45) is 0. The van der Waals surface area contributed by atoms with Gasteiger partial charge in [-0.1, -0.05) is 57.9 Å². The van der Waals surface area contributed by atoms with Crippen LogP contribution in [0.2, 0.25) is 5.02 Å². The summed E-state index contributed by atoms with van der Waals surface area (Å²) in [6, 6.07) is 14.9. The van der Waals surface area contributed by atoms with E-state index in [9.17, 15) is 4.79 Å². The molecule has 1 unspecified atom stereocenters. The van der Waals surface area contributed by atoms with Crippen molar-refractivity contribution < 1.29 is 4.79 Å². The predicted octanol–water partition coefficient (Wildman–Crippen LogP) is 4.97. The molecule has 1 amide bonds. The lowest BCUT2D eigenvalue weighted by molar-refractivity contribution is 0.0941. The highest BCUT2D eigenvalue weighted by molar-refractivity contribution is 9.10. The molecule has 0 saturated heterocycles. The van der Waals surface area contributed by atoms with Crippen LogP contribution in [0.1, 0.15) is 22.0 Å². The van der Waals surface area contributed by atoms with Crippen molar-refractivity contribution in [2.75, 3.05) is 5.33 Å². The first-order valence-electron chi connectivity index (χ1n) is 5.98. The van der Waals surface area contributed by atoms with E-state index in [1.807, 2.05) is 30.3 Å². The van der Waals surface area contributed by atoms with Gasteiger partial charge in [0.1, 0.15) is 0 Å². The lowest BCUT2D eigenvalue weighted by Gasteiger charge is -2.17. The third kappa shape index (κ3) is 3.84. The molecule has 0 heterocycles. The summed E-state index contributed by atoms with van der Waals surface area (Å²) in [5.74, 6) is -0.146. The molecule has 0 aliphatic heterocycles. The maximum atomic E-state index is 12.2. The van der Waals surface area contributed by atoms with Gasteiger partial charge in [0, 0.05) is 15.4 Å². The molecule has 0 saturated carbocycles. The molecule has 0 aromatic heterocycles. The number of rotatable bonds is 4. The average Bonchev–Trinajstić information content (AvgIpc) is 2.48. The van der Waals surface area contributed by atoms with Crippen molar-refractivity contribution in [1.29, 1.82) is 0 Å². The van der Waals surface area contributed by atoms with E-state index < -0.39 is 0 Å². The Balaban J connectivity index is 2.15. The molecular weight excluding hydrogens is 405 g/mol. The minimum atomic E-state index is -0.146. The highest BCUT2D eigenvalue weighted by atomic mass is 79.9. The zero-order valence-electron chi connectivity index (χ0n) is 10.4. The van der Waals surface area contributed by atoms with Crippen LogP contribution in [0.4, 0.5) is 0 Å². The van der Waals surface area contributed by atoms with Gasteiger partial charge in [-0.3, -0.25) is 4.79 Å². The van der Waals surface area contributed by atoms with Gasteiger partial charge in [-0.2, -0.15) is 0 Å². The van der Waals surface area contributed by atoms with Gasteiger partial charge < -0.3 is 5.32 Å². The summed E-state index contributed by atoms with van der Waals surface area (Å²) in [6.45, 7) is 0. The highest BCUT2D eigenvalue weighted by Crippen LogP contribution is 2.24. The molecule has 5 heteroatoms. The molecule has 1 N–H and O–H groups in total. The van der Waals surface area contributed by atoms with Gasteiger partial charge in [0.2, 0.25) is 0 Å². The number of carbonyl (C=O) groups excluding carboxylic acids is 1. The largest absolute Gasteiger partial charge is 0.344 e. The van der Waals surface area contributed by atoms with E-state index in [1.54, 1.807) is 18.2 Å². The van der Waals surface area contributed by atoms with Crippen LogP contribution in [-0.4, -0.2) is 11.2 Å². The molecule has 2 rings (SSSR count). The quantitative estimate of drug-likeness (QED) is 0.700. The second kappa shape index (κ2) is 7.25. The molecule has 20 heavy (non-hydrogen) atoms. The molecule has 0 aliphatic carbocycles. The molecule has 0 fully saturated rings. The van der Waals surface area contributed by atoms with Crippen molar-refractivity contribution in [3.8, 4) is 0 Å². The van der Waals surface area contributed by atoms with Crippen molar-refractivity contribution in [3.63, 3.8) is 0 Å². The Kier molecular flexibility index (Phi) is 5.64. The van der Waals surface area contributed by atoms with Gasteiger partial charge in [0.15, 0.2) is 0 Å². The molecule has 0 aliphatic rings. The molecule has 0 radical (unpaired) electrons. The lowest BCUT2D eigenvalue weighted by atomic mass is 10.1. The molecule has 2 nitrogen and oxygen atoms in total. The molecule has 0 bridgehead atoms. The SMILES string of the molecule is O=C(NC(CBr)c1ccccc1)c1ccc(Br)c(Cl)c1. The van der Waals surface area contributed by atoms with Crippen molar-refractivity contribution in [2.24, 2.45) is 0 Å². The topological polar surface area (TPSA) is 29.1 Å². The number of benzene rings is 2. The zero-order valence-corrected chi connectivity index (χ0v) is 14.4. The molecule has 1 atom stereocenters. The van der Waals surface area contributed by atoms with Gasteiger partial charge in [-0.25, -0.2) is 0 Å². The summed E-state index contributed by atoms with van der Waals surface area (Å²) >= 11 is 12.7. The Hall–Kier alpha value is -0.840. The number of amides is 1. The number of halogens is 3. The van der Waals surface area contributed by atoms with Crippen LogP contribution in [-0.2, 0) is 0 Å². The number of alkyl halides is 1. The van der Waals surface area contributed by atoms with Gasteiger partial charge >= 0.3 is 0 Å². The molecule has 104 valence electrons. The minimum Gasteiger partial charge on any atom is -0.344 e. The van der Waals surface area contributed by atoms with E-state index in [-0.39, 0.29) is 11.9 Å². The second-order valence-corrected chi connectivity index (χ2v) is 6.13. The van der Waals surface area contributed by atoms with Gasteiger partial charge in [-0.05, 0) is 39.7 Å². The van der Waals surface area contributed by atoms with Crippen molar-refractivity contribution in [1.82, 2.24) is 5.32 Å². The van der Waals surface area contributed by atoms with Crippen LogP contribution in [0.25, 0.3) is 0 Å². The first-order valence-corrected chi connectivity index (χ1v) is 8.28. The third-order valence-electron chi connectivity index (χ3n) is 2.84. The number of hydrogen-bond acceptors (Lipinski definition) is 1. The maximum Gasteiger partial charge on any atom is 0.251 e. The Morgan fingerprint density at radius 1 is 1.20 bits per heavy atom. The number of carbonyl (C=O) groups is 1. The average molecular weight is 418 g/mol. The van der Waals surface area contributed by atoms with E-state index in [0.717, 1.165) is 10.0 Å². The van der Waals surface area contributed by atoms with Crippen LogP contribution in [0, 0.1) is 0 Å². The van der Waals surface area contributed by atoms with Gasteiger partial charge in [0.25, 0.3) is 5.91 Å². The number of nitrogens with one attached hydrogen (secondary N) is 1. The molecule has 2 aromatic carbocycles. The number of hydrogen-bond donors (Lipinski definition) is 1. The Morgan fingerprint density at radius 2 is 1.90 bits per heavy atom. The Bertz CT molecular complexity index is 604. The van der Waals surface area contributed by atoms with Gasteiger partial charge in [-0.15, -0.1) is 0 Å². The highest BCUT2D eigenvalue weighted by Gasteiger charge is 2.15. The monoisotopic (exact) mass is 415 g/mol. The van der Waals surface area contributed by atoms with Crippen LogP contribution >= 0.6 is 43.5 Å². The Labute approximate surface area is 139 Å². The van der Waals surface area contributed by atoms with Crippen LogP contribution in [0.15, 0.2) is 53.0 Å². The first kappa shape index (κ1) is 15.5. The summed E-state index contributed by atoms with van der Waals surface area (Å²) in [4.78, 5) is 12.2. The third-order valence-corrected chi connectivity index (χ3v) is 4.72. The minimum absolute atomic E-state index is 0.0777. The standard InChI is InChI=1S/C15H12Br2ClNO/c16-9-14(10-4-2-1-3-5-10)19-15(20)11-6-7-12(17)13(18)8-11/h1-8,14H,9H2,(H,19,20). The fourth-order valence-corrected chi connectivity index (χ4v) is 2.74. The van der Waals surface area contributed by atoms with Crippen LogP contribution < -0.4 is 5.32 Å². The van der Waals surface area contributed by atoms with E-state index in [1.165, 1.54) is 0 Å². The van der Waals surface area contributed by atoms with Crippen LogP contribution in [0.5, 0.6) is 0 Å². The van der Waals surface area contributed by atoms with E-state index >= 15 is 0 Å². The van der Waals surface area contributed by atoms with Gasteiger partial charge in [0.05, 0.1) is 11.1 Å². The zero-order chi connectivity index (χ0) is 14.5. The van der Waals surface area contributed by atoms with E-state index in [2.05, 4.69) is 37.2 Å². The van der Waals surface area contributed by atoms with Crippen molar-refractivity contribution in [2.45, 2.75) is 6.04 Å². The summed E-state index contributed by atoms with van der Waals surface area (Å²) in [5, 5.41) is 4.15. The normalized spacial score (nSPS) is 11.9. The fourth-order valence-electron chi connectivity index (χ4n) is 1.78. The molecule has 2 aromatic rings. The summed E-state index contributed by atoms with van der Waals surface area (Å²) in [7, 11) is 0. The van der Waals surface area contributed by atoms with Crippen molar-refractivity contribution in [3.05, 3.63) is 69.2 Å². The predicted molar refractivity (Wildman–Crippen MR) is 89.6 cm³/mol. The second-order valence-electron chi connectivity index (χ2n) is 4.22. The Morgan fingerprint density at radius 3 is 2.50 bits per heavy atom. The summed E-state index contributed by atoms with van der Waals surface area (Å²) in [5.41, 5.74) is 1.60. The smallest absolute Gasteiger partial charge is 0.251 e. The maximum absolute atomic E-state index is 12.2.